The first-order chi connectivity index (χ1) is 10.6. The Bertz CT molecular complexity index is 741. The third kappa shape index (κ3) is 2.53. The minimum Gasteiger partial charge on any atom is -0.550 e. The van der Waals surface area contributed by atoms with Gasteiger partial charge in [0.05, 0.1) is 6.04 Å². The zero-order valence-corrected chi connectivity index (χ0v) is 11.7. The molecule has 112 valence electrons. The fraction of sp³-hybridized carbons (Fsp3) is 0.176. The molecule has 0 saturated carbocycles. The molecule has 1 aliphatic heterocycles. The van der Waals surface area contributed by atoms with E-state index in [2.05, 4.69) is 0 Å². The largest absolute Gasteiger partial charge is 0.550 e. The van der Waals surface area contributed by atoms with E-state index in [1.54, 1.807) is 24.3 Å². The quantitative estimate of drug-likeness (QED) is 0.920. The number of carboxylic acid groups (broad SMARTS) is 1. The molecule has 1 aliphatic rings. The Morgan fingerprint density at radius 3 is 2.68 bits per heavy atom. The monoisotopic (exact) mass is 296 g/mol. The number of carbonyl (C=O) groups excluding carboxylic acids is 2. The number of phenolic OH excluding ortho intramolecular Hbond substituents is 1. The van der Waals surface area contributed by atoms with Crippen LogP contribution in [0.3, 0.4) is 0 Å². The molecular formula is C17H14NO4-. The van der Waals surface area contributed by atoms with E-state index in [-0.39, 0.29) is 18.1 Å². The summed E-state index contributed by atoms with van der Waals surface area (Å²) < 4.78 is 0. The van der Waals surface area contributed by atoms with Gasteiger partial charge in [0.2, 0.25) is 0 Å². The maximum Gasteiger partial charge on any atom is 0.255 e. The molecule has 0 radical (unpaired) electrons. The summed E-state index contributed by atoms with van der Waals surface area (Å²) in [5, 5.41) is 20.7. The van der Waals surface area contributed by atoms with Crippen molar-refractivity contribution in [3.05, 3.63) is 65.2 Å². The first kappa shape index (κ1) is 14.1. The summed E-state index contributed by atoms with van der Waals surface area (Å²) in [5.74, 6) is -1.41. The summed E-state index contributed by atoms with van der Waals surface area (Å²) in [6.07, 6.45) is -0.316. The van der Waals surface area contributed by atoms with Crippen LogP contribution in [-0.2, 0) is 11.3 Å². The predicted octanol–water partition coefficient (Wildman–Crippen LogP) is 1.23. The highest BCUT2D eigenvalue weighted by molar-refractivity contribution is 5.98. The maximum absolute atomic E-state index is 12.5. The van der Waals surface area contributed by atoms with Crippen molar-refractivity contribution in [2.24, 2.45) is 0 Å². The van der Waals surface area contributed by atoms with Crippen LogP contribution in [0.15, 0.2) is 48.5 Å². The molecule has 2 aromatic carbocycles. The topological polar surface area (TPSA) is 80.7 Å². The zero-order chi connectivity index (χ0) is 15.7. The van der Waals surface area contributed by atoms with Crippen LogP contribution in [-0.4, -0.2) is 21.9 Å². The molecule has 0 fully saturated rings. The Balaban J connectivity index is 1.98. The van der Waals surface area contributed by atoms with E-state index >= 15 is 0 Å². The normalized spacial score (nSPS) is 14.7. The van der Waals surface area contributed by atoms with Gasteiger partial charge in [-0.15, -0.1) is 0 Å². The number of hydrogen-bond donors (Lipinski definition) is 1. The zero-order valence-electron chi connectivity index (χ0n) is 11.7. The lowest BCUT2D eigenvalue weighted by molar-refractivity contribution is -0.306. The van der Waals surface area contributed by atoms with Crippen molar-refractivity contribution >= 4 is 11.9 Å². The van der Waals surface area contributed by atoms with Crippen molar-refractivity contribution in [2.75, 3.05) is 0 Å². The average molecular weight is 296 g/mol. The Morgan fingerprint density at radius 2 is 2.00 bits per heavy atom. The molecule has 22 heavy (non-hydrogen) atoms. The van der Waals surface area contributed by atoms with E-state index in [4.69, 9.17) is 0 Å². The van der Waals surface area contributed by atoms with Crippen LogP contribution < -0.4 is 5.11 Å². The fourth-order valence-corrected chi connectivity index (χ4v) is 2.83. The third-order valence-corrected chi connectivity index (χ3v) is 3.84. The first-order valence-corrected chi connectivity index (χ1v) is 6.94. The Kier molecular flexibility index (Phi) is 3.55. The Morgan fingerprint density at radius 1 is 1.23 bits per heavy atom. The van der Waals surface area contributed by atoms with Crippen molar-refractivity contribution in [2.45, 2.75) is 19.0 Å². The molecule has 1 atom stereocenters. The number of phenols is 1. The van der Waals surface area contributed by atoms with Crippen LogP contribution in [0.5, 0.6) is 5.75 Å². The van der Waals surface area contributed by atoms with Gasteiger partial charge in [-0.3, -0.25) is 4.79 Å². The first-order valence-electron chi connectivity index (χ1n) is 6.94. The molecule has 0 bridgehead atoms. The molecule has 0 aliphatic carbocycles. The second-order valence-corrected chi connectivity index (χ2v) is 5.28. The predicted molar refractivity (Wildman–Crippen MR) is 76.8 cm³/mol. The summed E-state index contributed by atoms with van der Waals surface area (Å²) in [5.41, 5.74) is 2.03. The Labute approximate surface area is 127 Å². The molecule has 2 aromatic rings. The van der Waals surface area contributed by atoms with E-state index < -0.39 is 12.0 Å². The van der Waals surface area contributed by atoms with Crippen molar-refractivity contribution in [3.8, 4) is 5.75 Å². The number of aliphatic carboxylic acids is 1. The minimum atomic E-state index is -1.24. The number of carboxylic acids is 1. The smallest absolute Gasteiger partial charge is 0.255 e. The number of nitrogens with zero attached hydrogens (tertiary/aromatic N) is 1. The van der Waals surface area contributed by atoms with Crippen LogP contribution >= 0.6 is 0 Å². The lowest BCUT2D eigenvalue weighted by atomic mass is 10.0. The van der Waals surface area contributed by atoms with Crippen LogP contribution in [0.25, 0.3) is 0 Å². The molecular weight excluding hydrogens is 282 g/mol. The second kappa shape index (κ2) is 5.52. The lowest BCUT2D eigenvalue weighted by Gasteiger charge is -2.28. The van der Waals surface area contributed by atoms with Gasteiger partial charge < -0.3 is 19.9 Å². The van der Waals surface area contributed by atoms with E-state index in [0.717, 1.165) is 5.56 Å². The number of rotatable bonds is 4. The van der Waals surface area contributed by atoms with Crippen molar-refractivity contribution in [3.63, 3.8) is 0 Å². The molecule has 5 heteroatoms. The molecule has 0 unspecified atom stereocenters. The number of hydrogen-bond acceptors (Lipinski definition) is 4. The molecule has 3 rings (SSSR count). The fourth-order valence-electron chi connectivity index (χ4n) is 2.83. The lowest BCUT2D eigenvalue weighted by Crippen LogP contribution is -2.34. The van der Waals surface area contributed by atoms with E-state index in [9.17, 15) is 19.8 Å². The molecule has 0 aromatic heterocycles. The third-order valence-electron chi connectivity index (χ3n) is 3.84. The van der Waals surface area contributed by atoms with E-state index in [0.29, 0.717) is 17.7 Å². The van der Waals surface area contributed by atoms with Gasteiger partial charge in [0.15, 0.2) is 0 Å². The summed E-state index contributed by atoms with van der Waals surface area (Å²) in [4.78, 5) is 25.1. The number of aromatic hydroxyl groups is 1. The van der Waals surface area contributed by atoms with Gasteiger partial charge in [0.25, 0.3) is 5.91 Å². The molecule has 1 heterocycles. The number of benzene rings is 2. The van der Waals surface area contributed by atoms with Crippen LogP contribution in [0.2, 0.25) is 0 Å². The van der Waals surface area contributed by atoms with Crippen LogP contribution in [0.1, 0.15) is 33.9 Å². The average Bonchev–Trinajstić information content (AvgIpc) is 2.82. The summed E-state index contributed by atoms with van der Waals surface area (Å²) in [7, 11) is 0. The molecule has 0 spiro atoms. The van der Waals surface area contributed by atoms with Crippen molar-refractivity contribution in [1.82, 2.24) is 4.90 Å². The SMILES string of the molecule is O=C([O-])C[C@H](c1cccc(O)c1)N1Cc2ccccc2C1=O. The molecule has 0 saturated heterocycles. The number of fused-ring (bicyclic) bond motifs is 1. The van der Waals surface area contributed by atoms with Crippen LogP contribution in [0.4, 0.5) is 0 Å². The van der Waals surface area contributed by atoms with Gasteiger partial charge in [-0.05, 0) is 29.3 Å². The number of amides is 1. The Hall–Kier alpha value is -2.82. The highest BCUT2D eigenvalue weighted by Crippen LogP contribution is 2.34. The van der Waals surface area contributed by atoms with Gasteiger partial charge in [0.1, 0.15) is 5.75 Å². The molecule has 1 amide bonds. The van der Waals surface area contributed by atoms with Gasteiger partial charge in [0, 0.05) is 24.5 Å². The molecule has 5 nitrogen and oxygen atoms in total. The standard InChI is InChI=1S/C17H15NO4/c19-13-6-3-5-11(8-13)15(9-16(20)21)18-10-12-4-1-2-7-14(12)17(18)22/h1-8,15,19H,9-10H2,(H,20,21)/p-1/t15-/m1/s1. The van der Waals surface area contributed by atoms with Gasteiger partial charge in [-0.25, -0.2) is 0 Å². The van der Waals surface area contributed by atoms with Gasteiger partial charge in [-0.1, -0.05) is 30.3 Å². The van der Waals surface area contributed by atoms with Crippen molar-refractivity contribution in [1.29, 1.82) is 0 Å². The highest BCUT2D eigenvalue weighted by atomic mass is 16.4. The van der Waals surface area contributed by atoms with Crippen molar-refractivity contribution < 1.29 is 19.8 Å². The van der Waals surface area contributed by atoms with E-state index in [1.165, 1.54) is 17.0 Å². The number of carbonyl (C=O) groups is 2. The minimum absolute atomic E-state index is 0.0324. The second-order valence-electron chi connectivity index (χ2n) is 5.28. The van der Waals surface area contributed by atoms with Gasteiger partial charge in [-0.2, -0.15) is 0 Å². The summed E-state index contributed by atoms with van der Waals surface area (Å²) >= 11 is 0. The summed E-state index contributed by atoms with van der Waals surface area (Å²) in [6, 6.07) is 12.8. The molecule has 1 N–H and O–H groups in total. The summed E-state index contributed by atoms with van der Waals surface area (Å²) in [6.45, 7) is 0.350. The van der Waals surface area contributed by atoms with Gasteiger partial charge >= 0.3 is 0 Å². The van der Waals surface area contributed by atoms with E-state index in [1.807, 2.05) is 12.1 Å². The maximum atomic E-state index is 12.5. The highest BCUT2D eigenvalue weighted by Gasteiger charge is 2.33. The van der Waals surface area contributed by atoms with Crippen LogP contribution in [0, 0.1) is 0 Å².